The van der Waals surface area contributed by atoms with Gasteiger partial charge in [-0.15, -0.1) is 11.6 Å². The van der Waals surface area contributed by atoms with Crippen molar-refractivity contribution >= 4 is 23.4 Å². The summed E-state index contributed by atoms with van der Waals surface area (Å²) in [5.74, 6) is -0.0646. The van der Waals surface area contributed by atoms with Crippen LogP contribution in [0, 0.1) is 12.7 Å². The average Bonchev–Trinajstić information content (AvgIpc) is 2.20. The van der Waals surface area contributed by atoms with E-state index in [0.717, 1.165) is 0 Å². The minimum atomic E-state index is -0.596. The highest BCUT2D eigenvalue weighted by atomic mass is 35.5. The molecule has 3 nitrogen and oxygen atoms in total. The highest BCUT2D eigenvalue weighted by molar-refractivity contribution is 6.18. The van der Waals surface area contributed by atoms with Gasteiger partial charge < -0.3 is 4.74 Å². The van der Waals surface area contributed by atoms with E-state index in [4.69, 9.17) is 11.6 Å². The maximum atomic E-state index is 12.9. The summed E-state index contributed by atoms with van der Waals surface area (Å²) in [5.41, 5.74) is 0.957. The van der Waals surface area contributed by atoms with E-state index in [9.17, 15) is 9.18 Å². The Bertz CT molecular complexity index is 357. The Balaban J connectivity index is 2.57. The van der Waals surface area contributed by atoms with Crippen LogP contribution in [-0.4, -0.2) is 18.6 Å². The monoisotopic (exact) mass is 231 g/mol. The highest BCUT2D eigenvalue weighted by Crippen LogP contribution is 2.13. The average molecular weight is 232 g/mol. The van der Waals surface area contributed by atoms with Crippen LogP contribution in [0.5, 0.6) is 0 Å². The van der Waals surface area contributed by atoms with Crippen LogP contribution in [0.15, 0.2) is 18.2 Å². The number of amides is 1. The zero-order valence-corrected chi connectivity index (χ0v) is 8.97. The van der Waals surface area contributed by atoms with E-state index in [1.165, 1.54) is 18.2 Å². The van der Waals surface area contributed by atoms with Gasteiger partial charge in [0.05, 0.1) is 5.88 Å². The SMILES string of the molecule is Cc1cc(NC(=O)OCCCl)ccc1F. The fourth-order valence-electron chi connectivity index (χ4n) is 1.01. The third-order valence-electron chi connectivity index (χ3n) is 1.71. The van der Waals surface area contributed by atoms with Crippen molar-refractivity contribution in [1.82, 2.24) is 0 Å². The molecule has 0 fully saturated rings. The molecule has 0 atom stereocenters. The maximum Gasteiger partial charge on any atom is 0.411 e. The van der Waals surface area contributed by atoms with E-state index in [-0.39, 0.29) is 18.3 Å². The van der Waals surface area contributed by atoms with Crippen molar-refractivity contribution in [2.45, 2.75) is 6.92 Å². The van der Waals surface area contributed by atoms with Crippen LogP contribution in [0.3, 0.4) is 0 Å². The summed E-state index contributed by atoms with van der Waals surface area (Å²) in [6.45, 7) is 1.76. The smallest absolute Gasteiger partial charge is 0.411 e. The molecule has 1 rings (SSSR count). The van der Waals surface area contributed by atoms with Gasteiger partial charge in [0.25, 0.3) is 0 Å². The topological polar surface area (TPSA) is 38.3 Å². The second-order valence-electron chi connectivity index (χ2n) is 2.91. The lowest BCUT2D eigenvalue weighted by atomic mass is 10.2. The van der Waals surface area contributed by atoms with E-state index in [0.29, 0.717) is 11.3 Å². The lowest BCUT2D eigenvalue weighted by Gasteiger charge is -2.06. The van der Waals surface area contributed by atoms with Crippen molar-refractivity contribution in [1.29, 1.82) is 0 Å². The molecule has 0 unspecified atom stereocenters. The quantitative estimate of drug-likeness (QED) is 0.813. The van der Waals surface area contributed by atoms with Gasteiger partial charge >= 0.3 is 6.09 Å². The molecule has 1 aromatic rings. The molecule has 0 aliphatic carbocycles. The predicted molar refractivity (Wildman–Crippen MR) is 56.8 cm³/mol. The van der Waals surface area contributed by atoms with Crippen molar-refractivity contribution in [2.75, 3.05) is 17.8 Å². The molecule has 15 heavy (non-hydrogen) atoms. The first-order valence-electron chi connectivity index (χ1n) is 4.39. The summed E-state index contributed by atoms with van der Waals surface area (Å²) < 4.78 is 17.6. The number of hydrogen-bond acceptors (Lipinski definition) is 2. The minimum Gasteiger partial charge on any atom is -0.448 e. The van der Waals surface area contributed by atoms with Gasteiger partial charge in [-0.1, -0.05) is 0 Å². The molecule has 0 saturated carbocycles. The lowest BCUT2D eigenvalue weighted by molar-refractivity contribution is 0.168. The summed E-state index contributed by atoms with van der Waals surface area (Å²) in [6.07, 6.45) is -0.596. The second-order valence-corrected chi connectivity index (χ2v) is 3.29. The molecule has 0 heterocycles. The Labute approximate surface area is 92.2 Å². The third-order valence-corrected chi connectivity index (χ3v) is 1.87. The molecule has 0 aliphatic rings. The van der Waals surface area contributed by atoms with Crippen LogP contribution in [0.25, 0.3) is 0 Å². The molecule has 1 amide bonds. The van der Waals surface area contributed by atoms with Gasteiger partial charge in [0.15, 0.2) is 0 Å². The first-order chi connectivity index (χ1) is 7.13. The van der Waals surface area contributed by atoms with Crippen LogP contribution in [-0.2, 0) is 4.74 Å². The van der Waals surface area contributed by atoms with Crippen molar-refractivity contribution in [3.05, 3.63) is 29.6 Å². The van der Waals surface area contributed by atoms with Gasteiger partial charge in [-0.05, 0) is 30.7 Å². The summed E-state index contributed by atoms with van der Waals surface area (Å²) >= 11 is 5.34. The Morgan fingerprint density at radius 1 is 1.60 bits per heavy atom. The molecule has 1 aromatic carbocycles. The van der Waals surface area contributed by atoms with E-state index in [1.807, 2.05) is 0 Å². The number of ether oxygens (including phenoxy) is 1. The van der Waals surface area contributed by atoms with Gasteiger partial charge in [-0.25, -0.2) is 9.18 Å². The number of hydrogen-bond donors (Lipinski definition) is 1. The normalized spacial score (nSPS) is 9.80. The molecule has 0 aliphatic heterocycles. The number of aryl methyl sites for hydroxylation is 1. The maximum absolute atomic E-state index is 12.9. The summed E-state index contributed by atoms with van der Waals surface area (Å²) in [5, 5.41) is 2.46. The number of rotatable bonds is 3. The van der Waals surface area contributed by atoms with E-state index >= 15 is 0 Å². The van der Waals surface area contributed by atoms with Crippen LogP contribution in [0.4, 0.5) is 14.9 Å². The van der Waals surface area contributed by atoms with Crippen LogP contribution >= 0.6 is 11.6 Å². The lowest BCUT2D eigenvalue weighted by Crippen LogP contribution is -2.14. The Morgan fingerprint density at radius 2 is 2.33 bits per heavy atom. The van der Waals surface area contributed by atoms with Gasteiger partial charge in [0.2, 0.25) is 0 Å². The first kappa shape index (κ1) is 11.8. The zero-order chi connectivity index (χ0) is 11.3. The summed E-state index contributed by atoms with van der Waals surface area (Å²) in [7, 11) is 0. The van der Waals surface area contributed by atoms with Crippen LogP contribution < -0.4 is 5.32 Å². The fourth-order valence-corrected chi connectivity index (χ4v) is 1.08. The van der Waals surface area contributed by atoms with Crippen molar-refractivity contribution in [2.24, 2.45) is 0 Å². The first-order valence-corrected chi connectivity index (χ1v) is 4.93. The van der Waals surface area contributed by atoms with Gasteiger partial charge in [-0.3, -0.25) is 5.32 Å². The van der Waals surface area contributed by atoms with Gasteiger partial charge in [0, 0.05) is 5.69 Å². The van der Waals surface area contributed by atoms with Gasteiger partial charge in [0.1, 0.15) is 12.4 Å². The molecule has 1 N–H and O–H groups in total. The van der Waals surface area contributed by atoms with Crippen molar-refractivity contribution in [3.8, 4) is 0 Å². The summed E-state index contributed by atoms with van der Waals surface area (Å²) in [4.78, 5) is 11.1. The number of benzene rings is 1. The molecular formula is C10H11ClFNO2. The van der Waals surface area contributed by atoms with E-state index in [1.54, 1.807) is 6.92 Å². The Hall–Kier alpha value is -1.29. The van der Waals surface area contributed by atoms with E-state index in [2.05, 4.69) is 10.1 Å². The largest absolute Gasteiger partial charge is 0.448 e. The molecule has 0 aromatic heterocycles. The number of anilines is 1. The third kappa shape index (κ3) is 3.75. The Morgan fingerprint density at radius 3 is 2.93 bits per heavy atom. The molecule has 0 bridgehead atoms. The number of carbonyl (C=O) groups excluding carboxylic acids is 1. The van der Waals surface area contributed by atoms with Crippen molar-refractivity contribution in [3.63, 3.8) is 0 Å². The molecule has 82 valence electrons. The van der Waals surface area contributed by atoms with Crippen LogP contribution in [0.2, 0.25) is 0 Å². The second kappa shape index (κ2) is 5.56. The molecular weight excluding hydrogens is 221 g/mol. The standard InChI is InChI=1S/C10H11ClFNO2/c1-7-6-8(2-3-9(7)12)13-10(14)15-5-4-11/h2-3,6H,4-5H2,1H3,(H,13,14). The van der Waals surface area contributed by atoms with Gasteiger partial charge in [-0.2, -0.15) is 0 Å². The molecule has 0 saturated heterocycles. The number of nitrogens with one attached hydrogen (secondary N) is 1. The highest BCUT2D eigenvalue weighted by Gasteiger charge is 2.04. The molecule has 0 spiro atoms. The van der Waals surface area contributed by atoms with Crippen LogP contribution in [0.1, 0.15) is 5.56 Å². The molecule has 0 radical (unpaired) electrons. The Kier molecular flexibility index (Phi) is 4.37. The van der Waals surface area contributed by atoms with E-state index < -0.39 is 6.09 Å². The van der Waals surface area contributed by atoms with Crippen molar-refractivity contribution < 1.29 is 13.9 Å². The number of alkyl halides is 1. The fraction of sp³-hybridized carbons (Fsp3) is 0.300. The number of carbonyl (C=O) groups is 1. The zero-order valence-electron chi connectivity index (χ0n) is 8.22. The summed E-state index contributed by atoms with van der Waals surface area (Å²) in [6, 6.07) is 4.27. The predicted octanol–water partition coefficient (Wildman–Crippen LogP) is 2.92. The minimum absolute atomic E-state index is 0.146. The number of halogens is 2. The molecule has 5 heteroatoms.